The maximum Gasteiger partial charge on any atom is 0.325 e. The smallest absolute Gasteiger partial charge is 0.325 e. The molecule has 150 valence electrons. The molecule has 3 rings (SSSR count). The molecule has 0 radical (unpaired) electrons. The third kappa shape index (κ3) is 6.48. The molecule has 2 aromatic carbocycles. The predicted octanol–water partition coefficient (Wildman–Crippen LogP) is 5.02. The molecule has 3 amide bonds. The second-order valence-corrected chi connectivity index (χ2v) is 7.21. The quantitative estimate of drug-likeness (QED) is 0.490. The summed E-state index contributed by atoms with van der Waals surface area (Å²) in [7, 11) is 0. The number of nitrogens with one attached hydrogen (secondary N) is 3. The van der Waals surface area contributed by atoms with E-state index < -0.39 is 6.03 Å². The third-order valence-corrected chi connectivity index (χ3v) is 4.69. The Morgan fingerprint density at radius 3 is 2.59 bits per heavy atom. The zero-order chi connectivity index (χ0) is 20.6. The van der Waals surface area contributed by atoms with Gasteiger partial charge in [0.05, 0.1) is 18.7 Å². The van der Waals surface area contributed by atoms with Gasteiger partial charge in [-0.2, -0.15) is 0 Å². The van der Waals surface area contributed by atoms with Gasteiger partial charge in [-0.25, -0.2) is 9.78 Å². The fourth-order valence-electron chi connectivity index (χ4n) is 2.44. The van der Waals surface area contributed by atoms with E-state index >= 15 is 0 Å². The summed E-state index contributed by atoms with van der Waals surface area (Å²) in [6, 6.07) is 13.5. The van der Waals surface area contributed by atoms with Crippen LogP contribution < -0.4 is 20.7 Å². The van der Waals surface area contributed by atoms with Crippen LogP contribution in [0, 0.1) is 0 Å². The molecule has 0 aliphatic heterocycles. The van der Waals surface area contributed by atoms with Crippen molar-refractivity contribution in [3.8, 4) is 5.75 Å². The average Bonchev–Trinajstić information content (AvgIpc) is 3.10. The molecule has 0 saturated carbocycles. The van der Waals surface area contributed by atoms with E-state index in [9.17, 15) is 9.59 Å². The van der Waals surface area contributed by atoms with Gasteiger partial charge >= 0.3 is 6.03 Å². The maximum atomic E-state index is 12.2. The fraction of sp³-hybridized carbons (Fsp3) is 0.150. The van der Waals surface area contributed by atoms with Gasteiger partial charge < -0.3 is 15.4 Å². The van der Waals surface area contributed by atoms with Crippen molar-refractivity contribution in [3.63, 3.8) is 0 Å². The maximum absolute atomic E-state index is 12.2. The molecule has 9 heteroatoms. The highest BCUT2D eigenvalue weighted by atomic mass is 35.5. The van der Waals surface area contributed by atoms with Crippen LogP contribution in [0.3, 0.4) is 0 Å². The lowest BCUT2D eigenvalue weighted by Gasteiger charge is -2.06. The van der Waals surface area contributed by atoms with Crippen molar-refractivity contribution in [3.05, 3.63) is 64.6 Å². The number of hydrogen-bond acceptors (Lipinski definition) is 5. The molecule has 0 fully saturated rings. The Hall–Kier alpha value is -3.10. The van der Waals surface area contributed by atoms with Crippen molar-refractivity contribution < 1.29 is 14.3 Å². The molecule has 7 nitrogen and oxygen atoms in total. The van der Waals surface area contributed by atoms with E-state index in [0.717, 1.165) is 5.75 Å². The topological polar surface area (TPSA) is 92.4 Å². The van der Waals surface area contributed by atoms with Gasteiger partial charge in [0, 0.05) is 21.8 Å². The zero-order valence-electron chi connectivity index (χ0n) is 15.6. The number of benzene rings is 2. The van der Waals surface area contributed by atoms with Crippen LogP contribution in [-0.4, -0.2) is 23.5 Å². The SMILES string of the molecule is CCOc1ccc(NC(=O)Cc2csc(NC(=O)Nc3cccc(Cl)c3)n2)cc1. The summed E-state index contributed by atoms with van der Waals surface area (Å²) in [5, 5.41) is 10.8. The minimum atomic E-state index is -0.438. The van der Waals surface area contributed by atoms with Gasteiger partial charge in [-0.15, -0.1) is 11.3 Å². The van der Waals surface area contributed by atoms with Gasteiger partial charge in [0.1, 0.15) is 5.75 Å². The van der Waals surface area contributed by atoms with Crippen molar-refractivity contribution in [2.24, 2.45) is 0 Å². The molecule has 0 bridgehead atoms. The van der Waals surface area contributed by atoms with Crippen LogP contribution in [0.1, 0.15) is 12.6 Å². The lowest BCUT2D eigenvalue weighted by atomic mass is 10.2. The molecule has 3 aromatic rings. The van der Waals surface area contributed by atoms with Crippen molar-refractivity contribution in [1.82, 2.24) is 4.98 Å². The largest absolute Gasteiger partial charge is 0.494 e. The number of carbonyl (C=O) groups is 2. The van der Waals surface area contributed by atoms with Crippen molar-refractivity contribution in [2.75, 3.05) is 22.6 Å². The average molecular weight is 431 g/mol. The lowest BCUT2D eigenvalue weighted by Crippen LogP contribution is -2.19. The highest BCUT2D eigenvalue weighted by Crippen LogP contribution is 2.19. The molecular formula is C20H19ClN4O3S. The van der Waals surface area contributed by atoms with Crippen LogP contribution in [0.5, 0.6) is 5.75 Å². The summed E-state index contributed by atoms with van der Waals surface area (Å²) in [5.74, 6) is 0.547. The first-order valence-corrected chi connectivity index (χ1v) is 10.1. The molecule has 29 heavy (non-hydrogen) atoms. The van der Waals surface area contributed by atoms with Crippen molar-refractivity contribution in [2.45, 2.75) is 13.3 Å². The van der Waals surface area contributed by atoms with Crippen LogP contribution >= 0.6 is 22.9 Å². The van der Waals surface area contributed by atoms with E-state index in [1.165, 1.54) is 11.3 Å². The first kappa shape index (κ1) is 20.6. The minimum Gasteiger partial charge on any atom is -0.494 e. The van der Waals surface area contributed by atoms with Gasteiger partial charge in [-0.05, 0) is 49.4 Å². The second kappa shape index (κ2) is 9.90. The molecule has 0 spiro atoms. The number of aromatic nitrogens is 1. The van der Waals surface area contributed by atoms with E-state index in [1.807, 2.05) is 6.92 Å². The molecule has 0 unspecified atom stereocenters. The molecule has 3 N–H and O–H groups in total. The highest BCUT2D eigenvalue weighted by molar-refractivity contribution is 7.14. The predicted molar refractivity (Wildman–Crippen MR) is 116 cm³/mol. The number of nitrogens with zero attached hydrogens (tertiary/aromatic N) is 1. The molecule has 0 aliphatic carbocycles. The van der Waals surface area contributed by atoms with Crippen LogP contribution in [0.25, 0.3) is 0 Å². The number of amides is 3. The summed E-state index contributed by atoms with van der Waals surface area (Å²) in [6.45, 7) is 2.50. The Kier molecular flexibility index (Phi) is 7.04. The summed E-state index contributed by atoms with van der Waals surface area (Å²) in [5.41, 5.74) is 1.81. The first-order valence-electron chi connectivity index (χ1n) is 8.82. The molecule has 1 aromatic heterocycles. The van der Waals surface area contributed by atoms with Gasteiger partial charge in [-0.3, -0.25) is 10.1 Å². The van der Waals surface area contributed by atoms with Gasteiger partial charge in [-0.1, -0.05) is 17.7 Å². The van der Waals surface area contributed by atoms with E-state index in [0.29, 0.717) is 33.8 Å². The molecule has 1 heterocycles. The molecule has 0 atom stereocenters. The minimum absolute atomic E-state index is 0.0985. The number of rotatable bonds is 7. The fourth-order valence-corrected chi connectivity index (χ4v) is 3.34. The second-order valence-electron chi connectivity index (χ2n) is 5.92. The Morgan fingerprint density at radius 1 is 1.07 bits per heavy atom. The van der Waals surface area contributed by atoms with Crippen LogP contribution in [-0.2, 0) is 11.2 Å². The summed E-state index contributed by atoms with van der Waals surface area (Å²) < 4.78 is 5.37. The summed E-state index contributed by atoms with van der Waals surface area (Å²) >= 11 is 7.14. The zero-order valence-corrected chi connectivity index (χ0v) is 17.1. The van der Waals surface area contributed by atoms with Crippen LogP contribution in [0.2, 0.25) is 5.02 Å². The number of hydrogen-bond donors (Lipinski definition) is 3. The number of ether oxygens (including phenoxy) is 1. The van der Waals surface area contributed by atoms with E-state index in [4.69, 9.17) is 16.3 Å². The van der Waals surface area contributed by atoms with E-state index in [2.05, 4.69) is 20.9 Å². The van der Waals surface area contributed by atoms with E-state index in [1.54, 1.807) is 53.9 Å². The Morgan fingerprint density at radius 2 is 1.86 bits per heavy atom. The van der Waals surface area contributed by atoms with E-state index in [-0.39, 0.29) is 12.3 Å². The molecule has 0 aliphatic rings. The Balaban J connectivity index is 1.50. The Bertz CT molecular complexity index is 991. The molecule has 0 saturated heterocycles. The summed E-state index contributed by atoms with van der Waals surface area (Å²) in [4.78, 5) is 28.5. The van der Waals surface area contributed by atoms with Gasteiger partial charge in [0.25, 0.3) is 0 Å². The van der Waals surface area contributed by atoms with Crippen LogP contribution in [0.4, 0.5) is 21.3 Å². The third-order valence-electron chi connectivity index (χ3n) is 3.65. The number of halogens is 1. The number of carbonyl (C=O) groups excluding carboxylic acids is 2. The molecular weight excluding hydrogens is 412 g/mol. The van der Waals surface area contributed by atoms with Crippen LogP contribution in [0.15, 0.2) is 53.9 Å². The Labute approximate surface area is 177 Å². The van der Waals surface area contributed by atoms with Gasteiger partial charge in [0.2, 0.25) is 5.91 Å². The highest BCUT2D eigenvalue weighted by Gasteiger charge is 2.11. The first-order chi connectivity index (χ1) is 14.0. The monoisotopic (exact) mass is 430 g/mol. The summed E-state index contributed by atoms with van der Waals surface area (Å²) in [6.07, 6.45) is 0.0985. The number of anilines is 3. The lowest BCUT2D eigenvalue weighted by molar-refractivity contribution is -0.115. The van der Waals surface area contributed by atoms with Crippen molar-refractivity contribution in [1.29, 1.82) is 0 Å². The number of thiazole rings is 1. The van der Waals surface area contributed by atoms with Crippen molar-refractivity contribution >= 4 is 51.4 Å². The standard InChI is InChI=1S/C20H19ClN4O3S/c1-2-28-17-8-6-14(7-9-17)22-18(26)11-16-12-29-20(24-16)25-19(27)23-15-5-3-4-13(21)10-15/h3-10,12H,2,11H2,1H3,(H,22,26)(H2,23,24,25,27). The van der Waals surface area contributed by atoms with Gasteiger partial charge in [0.15, 0.2) is 5.13 Å². The number of urea groups is 1. The normalized spacial score (nSPS) is 10.3.